The molecule has 0 fully saturated rings. The summed E-state index contributed by atoms with van der Waals surface area (Å²) < 4.78 is 0. The summed E-state index contributed by atoms with van der Waals surface area (Å²) in [6, 6.07) is 0. The van der Waals surface area contributed by atoms with Crippen LogP contribution in [0.5, 0.6) is 0 Å². The van der Waals surface area contributed by atoms with Crippen LogP contribution in [0, 0.1) is 0 Å². The van der Waals surface area contributed by atoms with Crippen molar-refractivity contribution in [1.29, 1.82) is 0 Å². The fraction of sp³-hybridized carbons (Fsp3) is 0.750. The van der Waals surface area contributed by atoms with Gasteiger partial charge in [-0.05, 0) is 0 Å². The van der Waals surface area contributed by atoms with Crippen molar-refractivity contribution in [2.75, 3.05) is 0 Å². The van der Waals surface area contributed by atoms with E-state index in [1.54, 1.807) is 0 Å². The van der Waals surface area contributed by atoms with E-state index in [1.165, 1.54) is 0 Å². The first-order chi connectivity index (χ1) is 3.92. The van der Waals surface area contributed by atoms with Gasteiger partial charge in [0.15, 0.2) is 0 Å². The average Bonchev–Trinajstić information content (AvgIpc) is 1.59. The van der Waals surface area contributed by atoms with Gasteiger partial charge in [0.2, 0.25) is 0 Å². The standard InChI is InChI=1S/C4H8O5.Mg.2H/c5-3(6)1-2-4(7,8)9;;;/h7-9H,1-2H2,(H,5,6);;;/q;+2;2*-1. The Hall–Kier alpha value is 0.116. The molecule has 0 atom stereocenters. The van der Waals surface area contributed by atoms with Gasteiger partial charge in [0.1, 0.15) is 0 Å². The van der Waals surface area contributed by atoms with Gasteiger partial charge in [0.05, 0.1) is 6.42 Å². The Labute approximate surface area is 76.4 Å². The molecular weight excluding hydrogens is 152 g/mol. The van der Waals surface area contributed by atoms with Crippen LogP contribution in [0.15, 0.2) is 0 Å². The van der Waals surface area contributed by atoms with Crippen LogP contribution in [-0.4, -0.2) is 55.4 Å². The second-order valence-electron chi connectivity index (χ2n) is 1.67. The number of rotatable bonds is 3. The maximum atomic E-state index is 9.71. The number of carbonyl (C=O) groups is 1. The van der Waals surface area contributed by atoms with Crippen molar-refractivity contribution in [1.82, 2.24) is 0 Å². The summed E-state index contributed by atoms with van der Waals surface area (Å²) in [6.07, 6.45) is -1.05. The third kappa shape index (κ3) is 11.0. The van der Waals surface area contributed by atoms with Gasteiger partial charge in [-0.3, -0.25) is 4.79 Å². The minimum absolute atomic E-state index is 0. The van der Waals surface area contributed by atoms with Gasteiger partial charge < -0.3 is 23.3 Å². The molecule has 6 heteroatoms. The fourth-order valence-corrected chi connectivity index (χ4v) is 0.275. The third-order valence-electron chi connectivity index (χ3n) is 0.674. The van der Waals surface area contributed by atoms with Crippen LogP contribution in [0.4, 0.5) is 0 Å². The summed E-state index contributed by atoms with van der Waals surface area (Å²) in [6.45, 7) is 0. The predicted molar refractivity (Wildman–Crippen MR) is 34.2 cm³/mol. The number of aliphatic hydroxyl groups is 3. The summed E-state index contributed by atoms with van der Waals surface area (Å²) in [4.78, 5) is 9.71. The van der Waals surface area contributed by atoms with E-state index >= 15 is 0 Å². The molecule has 0 aromatic carbocycles. The average molecular weight is 162 g/mol. The summed E-state index contributed by atoms with van der Waals surface area (Å²) in [7, 11) is 0. The maximum Gasteiger partial charge on any atom is 2.00 e. The van der Waals surface area contributed by atoms with Crippen LogP contribution in [0.1, 0.15) is 15.7 Å². The van der Waals surface area contributed by atoms with E-state index in [-0.39, 0.29) is 25.9 Å². The van der Waals surface area contributed by atoms with Gasteiger partial charge in [0, 0.05) is 6.42 Å². The number of carboxylic acids is 1. The zero-order valence-electron chi connectivity index (χ0n) is 7.32. The van der Waals surface area contributed by atoms with Crippen molar-refractivity contribution in [2.45, 2.75) is 18.8 Å². The largest absolute Gasteiger partial charge is 2.00 e. The van der Waals surface area contributed by atoms with E-state index in [9.17, 15) is 4.79 Å². The second-order valence-corrected chi connectivity index (χ2v) is 1.67. The van der Waals surface area contributed by atoms with Gasteiger partial charge in [-0.2, -0.15) is 0 Å². The molecule has 0 saturated carbocycles. The third-order valence-corrected chi connectivity index (χ3v) is 0.674. The molecule has 0 aliphatic carbocycles. The van der Waals surface area contributed by atoms with Crippen molar-refractivity contribution in [3.63, 3.8) is 0 Å². The summed E-state index contributed by atoms with van der Waals surface area (Å²) in [5.41, 5.74) is 0. The Morgan fingerprint density at radius 3 is 1.90 bits per heavy atom. The molecule has 0 saturated heterocycles. The van der Waals surface area contributed by atoms with E-state index in [2.05, 4.69) is 0 Å². The molecule has 0 radical (unpaired) electrons. The fourth-order valence-electron chi connectivity index (χ4n) is 0.275. The van der Waals surface area contributed by atoms with E-state index < -0.39 is 24.8 Å². The van der Waals surface area contributed by atoms with Crippen molar-refractivity contribution < 1.29 is 28.1 Å². The number of aliphatic carboxylic acids is 1. The Kier molecular flexibility index (Phi) is 6.20. The molecule has 0 aliphatic heterocycles. The van der Waals surface area contributed by atoms with Crippen molar-refractivity contribution in [2.24, 2.45) is 0 Å². The molecule has 5 nitrogen and oxygen atoms in total. The molecule has 0 bridgehead atoms. The van der Waals surface area contributed by atoms with Gasteiger partial charge in [-0.1, -0.05) is 0 Å². The first-order valence-corrected chi connectivity index (χ1v) is 2.31. The van der Waals surface area contributed by atoms with E-state index in [0.29, 0.717) is 0 Å². The molecule has 0 rings (SSSR count). The number of hydrogen-bond acceptors (Lipinski definition) is 4. The molecule has 4 N–H and O–H groups in total. The molecule has 0 aliphatic rings. The van der Waals surface area contributed by atoms with Gasteiger partial charge >= 0.3 is 29.0 Å². The van der Waals surface area contributed by atoms with Crippen molar-refractivity contribution >= 4 is 29.0 Å². The minimum Gasteiger partial charge on any atom is -1.00 e. The molecule has 58 valence electrons. The van der Waals surface area contributed by atoms with E-state index in [4.69, 9.17) is 20.4 Å². The smallest absolute Gasteiger partial charge is 1.00 e. The number of hydrogen-bond donors (Lipinski definition) is 4. The molecule has 0 amide bonds. The van der Waals surface area contributed by atoms with Crippen LogP contribution in [0.2, 0.25) is 0 Å². The summed E-state index contributed by atoms with van der Waals surface area (Å²) in [5, 5.41) is 32.3. The monoisotopic (exact) mass is 162 g/mol. The molecule has 0 spiro atoms. The Balaban J connectivity index is -0.000000107. The molecule has 10 heavy (non-hydrogen) atoms. The van der Waals surface area contributed by atoms with Crippen molar-refractivity contribution in [3.8, 4) is 0 Å². The van der Waals surface area contributed by atoms with E-state index in [0.717, 1.165) is 0 Å². The topological polar surface area (TPSA) is 98.0 Å². The first-order valence-electron chi connectivity index (χ1n) is 2.31. The summed E-state index contributed by atoms with van der Waals surface area (Å²) >= 11 is 0. The predicted octanol–water partition coefficient (Wildman–Crippen LogP) is -1.67. The first kappa shape index (κ1) is 12.8. The SMILES string of the molecule is O=C(O)CCC(O)(O)O.[H-].[H-].[Mg+2]. The maximum absolute atomic E-state index is 9.71. The molecule has 0 aromatic rings. The van der Waals surface area contributed by atoms with Crippen LogP contribution >= 0.6 is 0 Å². The van der Waals surface area contributed by atoms with Crippen LogP contribution in [0.3, 0.4) is 0 Å². The normalized spacial score (nSPS) is 10.3. The Morgan fingerprint density at radius 2 is 1.80 bits per heavy atom. The Bertz CT molecular complexity index is 115. The van der Waals surface area contributed by atoms with Gasteiger partial charge in [0.25, 0.3) is 5.97 Å². The molecule has 0 aromatic heterocycles. The van der Waals surface area contributed by atoms with E-state index in [1.807, 2.05) is 0 Å². The molecular formula is C4H10MgO5. The van der Waals surface area contributed by atoms with Gasteiger partial charge in [-0.15, -0.1) is 0 Å². The van der Waals surface area contributed by atoms with Gasteiger partial charge in [-0.25, -0.2) is 0 Å². The molecule has 0 heterocycles. The van der Waals surface area contributed by atoms with Crippen LogP contribution < -0.4 is 0 Å². The zero-order chi connectivity index (χ0) is 7.49. The minimum atomic E-state index is -2.85. The quantitative estimate of drug-likeness (QED) is 0.294. The number of carboxylic acid groups (broad SMARTS) is 1. The molecule has 0 unspecified atom stereocenters. The van der Waals surface area contributed by atoms with Crippen LogP contribution in [0.25, 0.3) is 0 Å². The van der Waals surface area contributed by atoms with Crippen LogP contribution in [-0.2, 0) is 4.79 Å². The Morgan fingerprint density at radius 1 is 1.40 bits per heavy atom. The zero-order valence-corrected chi connectivity index (χ0v) is 6.73. The second kappa shape index (κ2) is 4.86. The summed E-state index contributed by atoms with van der Waals surface area (Å²) in [5.74, 6) is -4.03. The van der Waals surface area contributed by atoms with Crippen molar-refractivity contribution in [3.05, 3.63) is 0 Å².